The minimum absolute atomic E-state index is 0.583. The number of hydrogen-bond donors (Lipinski definition) is 0. The summed E-state index contributed by atoms with van der Waals surface area (Å²) in [5.74, 6) is 1.83. The summed E-state index contributed by atoms with van der Waals surface area (Å²) in [7, 11) is 0. The summed E-state index contributed by atoms with van der Waals surface area (Å²) in [6.45, 7) is 0. The van der Waals surface area contributed by atoms with Crippen molar-refractivity contribution in [2.45, 2.75) is 0 Å². The molecule has 0 saturated carbocycles. The van der Waals surface area contributed by atoms with Gasteiger partial charge in [-0.2, -0.15) is 0 Å². The number of nitrogens with zero attached hydrogens (tertiary/aromatic N) is 4. The molecule has 0 unspecified atom stereocenters. The molecule has 6 bridgehead atoms. The van der Waals surface area contributed by atoms with E-state index in [1.165, 1.54) is 36.3 Å². The van der Waals surface area contributed by atoms with Crippen LogP contribution in [0.5, 0.6) is 0 Å². The van der Waals surface area contributed by atoms with Crippen molar-refractivity contribution in [1.82, 2.24) is 19.9 Å². The number of rotatable bonds is 3. The molecule has 0 fully saturated rings. The third-order valence-electron chi connectivity index (χ3n) is 9.29. The summed E-state index contributed by atoms with van der Waals surface area (Å²) in [6, 6.07) is 55.3. The number of fused-ring (bicyclic) bond motifs is 10. The molecular weight excluding hydrogens is 617 g/mol. The first-order chi connectivity index (χ1) is 24.3. The average molecular weight is 643 g/mol. The second-order valence-electron chi connectivity index (χ2n) is 12.2. The van der Waals surface area contributed by atoms with Crippen molar-refractivity contribution < 1.29 is 0 Å². The van der Waals surface area contributed by atoms with Crippen molar-refractivity contribution in [3.8, 4) is 34.2 Å². The monoisotopic (exact) mass is 642 g/mol. The number of thiophene rings is 1. The lowest BCUT2D eigenvalue weighted by Crippen LogP contribution is -2.01. The quantitative estimate of drug-likeness (QED) is 0.192. The lowest BCUT2D eigenvalue weighted by molar-refractivity contribution is 1.07. The van der Waals surface area contributed by atoms with Gasteiger partial charge in [0, 0.05) is 47.6 Å². The van der Waals surface area contributed by atoms with E-state index in [1.54, 1.807) is 0 Å². The molecule has 0 saturated heterocycles. The van der Waals surface area contributed by atoms with Crippen molar-refractivity contribution in [3.05, 3.63) is 158 Å². The molecule has 0 aliphatic carbocycles. The Bertz CT molecular complexity index is 2880. The first kappa shape index (κ1) is 27.8. The SMILES string of the molecule is c1ccc(-c2nc(-c3ccccc3)nc(-c3ccc4nc3c3cccc(c3)c3ccccc3c3ccc5sc6cccc4c6c5c3)n2)cc1. The van der Waals surface area contributed by atoms with Crippen LogP contribution in [-0.4, -0.2) is 19.9 Å². The van der Waals surface area contributed by atoms with Crippen LogP contribution in [0, 0.1) is 0 Å². The fourth-order valence-corrected chi connectivity index (χ4v) is 8.08. The van der Waals surface area contributed by atoms with Gasteiger partial charge in [-0.3, -0.25) is 0 Å². The maximum Gasteiger partial charge on any atom is 0.166 e. The summed E-state index contributed by atoms with van der Waals surface area (Å²) in [5, 5.41) is 9.31. The lowest BCUT2D eigenvalue weighted by atomic mass is 10.0. The molecule has 4 nitrogen and oxygen atoms in total. The Morgan fingerprint density at radius 1 is 0.367 bits per heavy atom. The number of pyridine rings is 1. The Balaban J connectivity index is 1.38. The van der Waals surface area contributed by atoms with Crippen molar-refractivity contribution in [2.75, 3.05) is 0 Å². The van der Waals surface area contributed by atoms with Crippen molar-refractivity contribution in [2.24, 2.45) is 0 Å². The van der Waals surface area contributed by atoms with E-state index in [9.17, 15) is 0 Å². The Kier molecular flexibility index (Phi) is 6.32. The van der Waals surface area contributed by atoms with E-state index in [1.807, 2.05) is 72.0 Å². The minimum atomic E-state index is 0.583. The zero-order valence-electron chi connectivity index (χ0n) is 26.2. The molecule has 228 valence electrons. The standard InChI is InChI=1S/C44H26N4S/c1-3-11-27(12-4-1)42-46-43(28-13-5-2-6-14-28)48-44(47-42)35-22-23-37-34-19-10-20-39-40(34)36-26-30(21-24-38(36)49-39)33-18-8-7-17-32(33)29-15-9-16-31(25-29)41(35)45-37/h1-26H. The van der Waals surface area contributed by atoms with Crippen molar-refractivity contribution in [1.29, 1.82) is 0 Å². The number of aromatic nitrogens is 4. The van der Waals surface area contributed by atoms with Crippen molar-refractivity contribution >= 4 is 74.9 Å². The van der Waals surface area contributed by atoms with Gasteiger partial charge in [0.2, 0.25) is 0 Å². The van der Waals surface area contributed by atoms with E-state index in [0.29, 0.717) is 17.5 Å². The fraction of sp³-hybridized carbons (Fsp3) is 0. The van der Waals surface area contributed by atoms with Gasteiger partial charge in [-0.25, -0.2) is 19.9 Å². The van der Waals surface area contributed by atoms with Gasteiger partial charge in [-0.05, 0) is 57.9 Å². The van der Waals surface area contributed by atoms with Gasteiger partial charge in [0.15, 0.2) is 17.5 Å². The Labute approximate surface area is 285 Å². The summed E-state index contributed by atoms with van der Waals surface area (Å²) in [6.07, 6.45) is 0. The highest BCUT2D eigenvalue weighted by atomic mass is 32.1. The van der Waals surface area contributed by atoms with Crippen LogP contribution in [0.1, 0.15) is 0 Å². The lowest BCUT2D eigenvalue weighted by Gasteiger charge is -2.10. The smallest absolute Gasteiger partial charge is 0.166 e. The number of benzene rings is 6. The zero-order valence-corrected chi connectivity index (χ0v) is 27.0. The third kappa shape index (κ3) is 4.66. The van der Waals surface area contributed by atoms with Crippen LogP contribution in [0.4, 0.5) is 0 Å². The first-order valence-electron chi connectivity index (χ1n) is 16.3. The van der Waals surface area contributed by atoms with Gasteiger partial charge in [-0.1, -0.05) is 121 Å². The normalized spacial score (nSPS) is 11.7. The topological polar surface area (TPSA) is 51.6 Å². The molecule has 0 spiro atoms. The van der Waals surface area contributed by atoms with E-state index in [4.69, 9.17) is 19.9 Å². The molecule has 5 heteroatoms. The molecule has 10 rings (SSSR count). The first-order valence-corrected chi connectivity index (χ1v) is 17.1. The highest BCUT2D eigenvalue weighted by Crippen LogP contribution is 2.40. The Morgan fingerprint density at radius 2 is 0.980 bits per heavy atom. The summed E-state index contributed by atoms with van der Waals surface area (Å²) >= 11 is 1.83. The molecule has 0 aliphatic rings. The molecule has 4 aromatic heterocycles. The second kappa shape index (κ2) is 11.2. The van der Waals surface area contributed by atoms with E-state index < -0.39 is 0 Å². The molecule has 10 aromatic rings. The van der Waals surface area contributed by atoms with Crippen LogP contribution in [0.25, 0.3) is 97.7 Å². The van der Waals surface area contributed by atoms with Gasteiger partial charge in [0.05, 0.1) is 11.0 Å². The molecule has 0 atom stereocenters. The Hall–Kier alpha value is -6.30. The third-order valence-corrected chi connectivity index (χ3v) is 10.4. The van der Waals surface area contributed by atoms with Gasteiger partial charge in [0.25, 0.3) is 0 Å². The summed E-state index contributed by atoms with van der Waals surface area (Å²) in [4.78, 5) is 20.6. The van der Waals surface area contributed by atoms with Crippen LogP contribution < -0.4 is 0 Å². The van der Waals surface area contributed by atoms with Gasteiger partial charge in [-0.15, -0.1) is 11.3 Å². The predicted octanol–water partition coefficient (Wildman–Crippen LogP) is 11.8. The van der Waals surface area contributed by atoms with Gasteiger partial charge >= 0.3 is 0 Å². The van der Waals surface area contributed by atoms with E-state index in [2.05, 4.69) is 97.1 Å². The van der Waals surface area contributed by atoms with Crippen LogP contribution in [0.3, 0.4) is 0 Å². The molecule has 4 heterocycles. The highest BCUT2D eigenvalue weighted by Gasteiger charge is 2.16. The predicted molar refractivity (Wildman–Crippen MR) is 206 cm³/mol. The van der Waals surface area contributed by atoms with Gasteiger partial charge < -0.3 is 0 Å². The molecule has 0 amide bonds. The molecule has 0 N–H and O–H groups in total. The van der Waals surface area contributed by atoms with E-state index >= 15 is 0 Å². The summed E-state index contributed by atoms with van der Waals surface area (Å²) in [5.41, 5.74) is 4.46. The highest BCUT2D eigenvalue weighted by molar-refractivity contribution is 7.26. The zero-order chi connectivity index (χ0) is 32.3. The molecule has 0 aliphatic heterocycles. The van der Waals surface area contributed by atoms with Crippen LogP contribution in [0.2, 0.25) is 0 Å². The van der Waals surface area contributed by atoms with Crippen LogP contribution in [0.15, 0.2) is 158 Å². The second-order valence-corrected chi connectivity index (χ2v) is 13.3. The molecule has 49 heavy (non-hydrogen) atoms. The van der Waals surface area contributed by atoms with E-state index in [-0.39, 0.29) is 0 Å². The van der Waals surface area contributed by atoms with Crippen LogP contribution >= 0.6 is 11.3 Å². The van der Waals surface area contributed by atoms with Gasteiger partial charge in [0.1, 0.15) is 0 Å². The minimum Gasteiger partial charge on any atom is -0.247 e. The molecule has 6 aromatic carbocycles. The summed E-state index contributed by atoms with van der Waals surface area (Å²) < 4.78 is 2.52. The Morgan fingerprint density at radius 3 is 1.71 bits per heavy atom. The van der Waals surface area contributed by atoms with Crippen molar-refractivity contribution in [3.63, 3.8) is 0 Å². The maximum absolute atomic E-state index is 5.48. The maximum atomic E-state index is 5.48. The molecule has 0 radical (unpaired) electrons. The average Bonchev–Trinajstić information content (AvgIpc) is 3.56. The van der Waals surface area contributed by atoms with E-state index in [0.717, 1.165) is 43.9 Å². The largest absolute Gasteiger partial charge is 0.247 e. The number of hydrogen-bond acceptors (Lipinski definition) is 5. The fourth-order valence-electron chi connectivity index (χ4n) is 6.97. The molecular formula is C44H26N4S. The van der Waals surface area contributed by atoms with Crippen LogP contribution in [-0.2, 0) is 0 Å².